The van der Waals surface area contributed by atoms with E-state index < -0.39 is 12.1 Å². The summed E-state index contributed by atoms with van der Waals surface area (Å²) >= 11 is 0. The first-order valence-electron chi connectivity index (χ1n) is 8.18. The predicted octanol–water partition coefficient (Wildman–Crippen LogP) is 4.41. The Hall–Kier alpha value is -1.46. The third-order valence-electron chi connectivity index (χ3n) is 3.09. The van der Waals surface area contributed by atoms with Gasteiger partial charge in [0.2, 0.25) is 0 Å². The fourth-order valence-corrected chi connectivity index (χ4v) is 1.83. The van der Waals surface area contributed by atoms with E-state index in [4.69, 9.17) is 0 Å². The highest BCUT2D eigenvalue weighted by molar-refractivity contribution is 5.79. The Bertz CT molecular complexity index is 306. The molecule has 2 N–H and O–H groups in total. The van der Waals surface area contributed by atoms with E-state index in [1.165, 1.54) is 19.3 Å². The van der Waals surface area contributed by atoms with Gasteiger partial charge in [0.05, 0.1) is 0 Å². The molecular weight excluding hydrogens is 268 g/mol. The van der Waals surface area contributed by atoms with Gasteiger partial charge < -0.3 is 10.6 Å². The SMILES string of the molecule is CCCCCCCNC(=O)N=NC(=O)NCCCCCC. The van der Waals surface area contributed by atoms with Crippen molar-refractivity contribution >= 4 is 12.1 Å². The van der Waals surface area contributed by atoms with Crippen molar-refractivity contribution in [3.8, 4) is 0 Å². The summed E-state index contributed by atoms with van der Waals surface area (Å²) in [5, 5.41) is 11.9. The van der Waals surface area contributed by atoms with Crippen molar-refractivity contribution < 1.29 is 9.59 Å². The zero-order valence-electron chi connectivity index (χ0n) is 13.5. The third-order valence-corrected chi connectivity index (χ3v) is 3.09. The zero-order valence-corrected chi connectivity index (χ0v) is 13.5. The molecule has 0 fully saturated rings. The molecule has 0 aliphatic carbocycles. The van der Waals surface area contributed by atoms with Crippen molar-refractivity contribution in [1.29, 1.82) is 0 Å². The van der Waals surface area contributed by atoms with Gasteiger partial charge >= 0.3 is 12.1 Å². The normalized spacial score (nSPS) is 10.8. The number of carbonyl (C=O) groups excluding carboxylic acids is 2. The van der Waals surface area contributed by atoms with E-state index in [2.05, 4.69) is 34.7 Å². The number of hydrogen-bond acceptors (Lipinski definition) is 2. The summed E-state index contributed by atoms with van der Waals surface area (Å²) in [6.45, 7) is 5.46. The standard InChI is InChI=1S/C15H30N4O2/c1-3-5-7-9-11-13-17-15(21)19-18-14(20)16-12-10-8-6-4-2/h3-13H2,1-2H3,(H,16,20)(H,17,21). The van der Waals surface area contributed by atoms with Crippen LogP contribution in [0.25, 0.3) is 0 Å². The van der Waals surface area contributed by atoms with E-state index in [1.807, 2.05) is 0 Å². The minimum absolute atomic E-state index is 0.549. The van der Waals surface area contributed by atoms with Crippen LogP contribution in [0.3, 0.4) is 0 Å². The lowest BCUT2D eigenvalue weighted by atomic mass is 10.1. The van der Waals surface area contributed by atoms with Gasteiger partial charge in [-0.1, -0.05) is 69.0 Å². The van der Waals surface area contributed by atoms with Gasteiger partial charge in [-0.25, -0.2) is 9.59 Å². The first-order chi connectivity index (χ1) is 10.2. The fourth-order valence-electron chi connectivity index (χ4n) is 1.83. The molecule has 0 rings (SSSR count). The van der Waals surface area contributed by atoms with Gasteiger partial charge in [0.25, 0.3) is 0 Å². The molecule has 21 heavy (non-hydrogen) atoms. The molecule has 6 heteroatoms. The average Bonchev–Trinajstić information content (AvgIpc) is 2.48. The number of rotatable bonds is 11. The maximum Gasteiger partial charge on any atom is 0.359 e. The van der Waals surface area contributed by atoms with E-state index in [1.54, 1.807) is 0 Å². The minimum atomic E-state index is -0.551. The van der Waals surface area contributed by atoms with Crippen molar-refractivity contribution in [2.45, 2.75) is 71.6 Å². The summed E-state index contributed by atoms with van der Waals surface area (Å²) < 4.78 is 0. The van der Waals surface area contributed by atoms with Gasteiger partial charge in [-0.3, -0.25) is 0 Å². The molecule has 4 amide bonds. The monoisotopic (exact) mass is 298 g/mol. The van der Waals surface area contributed by atoms with E-state index in [-0.39, 0.29) is 0 Å². The van der Waals surface area contributed by atoms with Gasteiger partial charge in [0, 0.05) is 13.1 Å². The number of azo groups is 1. The summed E-state index contributed by atoms with van der Waals surface area (Å²) in [7, 11) is 0. The number of unbranched alkanes of at least 4 members (excludes halogenated alkanes) is 7. The number of nitrogens with zero attached hydrogens (tertiary/aromatic N) is 2. The Balaban J connectivity index is 3.52. The predicted molar refractivity (Wildman–Crippen MR) is 84.6 cm³/mol. The van der Waals surface area contributed by atoms with Crippen LogP contribution in [0, 0.1) is 0 Å². The Morgan fingerprint density at radius 2 is 1.05 bits per heavy atom. The molecule has 0 atom stereocenters. The molecule has 0 heterocycles. The van der Waals surface area contributed by atoms with Gasteiger partial charge in [0.1, 0.15) is 0 Å². The number of hydrogen-bond donors (Lipinski definition) is 2. The second kappa shape index (κ2) is 14.9. The van der Waals surface area contributed by atoms with Crippen LogP contribution in [0.2, 0.25) is 0 Å². The molecular formula is C15H30N4O2. The lowest BCUT2D eigenvalue weighted by molar-refractivity contribution is 0.241. The third kappa shape index (κ3) is 14.8. The van der Waals surface area contributed by atoms with Crippen molar-refractivity contribution in [1.82, 2.24) is 10.6 Å². The second-order valence-electron chi connectivity index (χ2n) is 5.14. The first kappa shape index (κ1) is 19.5. The van der Waals surface area contributed by atoms with Gasteiger partial charge in [-0.15, -0.1) is 0 Å². The highest BCUT2D eigenvalue weighted by Crippen LogP contribution is 2.01. The lowest BCUT2D eigenvalue weighted by Crippen LogP contribution is -2.23. The summed E-state index contributed by atoms with van der Waals surface area (Å²) in [5.41, 5.74) is 0. The van der Waals surface area contributed by atoms with E-state index in [0.29, 0.717) is 13.1 Å². The van der Waals surface area contributed by atoms with E-state index in [0.717, 1.165) is 38.5 Å². The van der Waals surface area contributed by atoms with E-state index in [9.17, 15) is 9.59 Å². The Morgan fingerprint density at radius 1 is 0.667 bits per heavy atom. The molecule has 0 aliphatic heterocycles. The van der Waals surface area contributed by atoms with Crippen LogP contribution in [-0.4, -0.2) is 25.2 Å². The van der Waals surface area contributed by atoms with Gasteiger partial charge in [-0.05, 0) is 12.8 Å². The molecule has 0 unspecified atom stereocenters. The molecule has 122 valence electrons. The summed E-state index contributed by atoms with van der Waals surface area (Å²) in [4.78, 5) is 22.6. The molecule has 0 aromatic carbocycles. The largest absolute Gasteiger partial charge is 0.359 e. The minimum Gasteiger partial charge on any atom is -0.335 e. The van der Waals surface area contributed by atoms with Crippen molar-refractivity contribution in [3.63, 3.8) is 0 Å². The maximum atomic E-state index is 11.3. The van der Waals surface area contributed by atoms with Gasteiger partial charge in [0.15, 0.2) is 0 Å². The summed E-state index contributed by atoms with van der Waals surface area (Å²) in [6.07, 6.45) is 10.00. The molecule has 0 aliphatic rings. The zero-order chi connectivity index (χ0) is 15.8. The molecule has 6 nitrogen and oxygen atoms in total. The molecule has 0 spiro atoms. The van der Waals surface area contributed by atoms with Crippen molar-refractivity contribution in [3.05, 3.63) is 0 Å². The van der Waals surface area contributed by atoms with Crippen LogP contribution in [0.4, 0.5) is 9.59 Å². The number of nitrogens with one attached hydrogen (secondary N) is 2. The van der Waals surface area contributed by atoms with Crippen LogP contribution in [0.1, 0.15) is 71.6 Å². The van der Waals surface area contributed by atoms with Crippen LogP contribution in [0.5, 0.6) is 0 Å². The lowest BCUT2D eigenvalue weighted by Gasteiger charge is -2.01. The second-order valence-corrected chi connectivity index (χ2v) is 5.14. The Kier molecular flexibility index (Phi) is 13.9. The average molecular weight is 298 g/mol. The molecule has 0 aromatic rings. The topological polar surface area (TPSA) is 82.9 Å². The van der Waals surface area contributed by atoms with Crippen LogP contribution in [0.15, 0.2) is 10.2 Å². The van der Waals surface area contributed by atoms with Gasteiger partial charge in [-0.2, -0.15) is 0 Å². The highest BCUT2D eigenvalue weighted by atomic mass is 16.2. The fraction of sp³-hybridized carbons (Fsp3) is 0.867. The molecule has 0 saturated heterocycles. The number of urea groups is 2. The maximum absolute atomic E-state index is 11.3. The van der Waals surface area contributed by atoms with Crippen molar-refractivity contribution in [2.24, 2.45) is 10.2 Å². The Morgan fingerprint density at radius 3 is 1.48 bits per heavy atom. The number of amides is 4. The molecule has 0 saturated carbocycles. The summed E-state index contributed by atoms with van der Waals surface area (Å²) in [6, 6.07) is -1.10. The molecule has 0 aromatic heterocycles. The summed E-state index contributed by atoms with van der Waals surface area (Å²) in [5.74, 6) is 0. The Labute approximate surface area is 128 Å². The smallest absolute Gasteiger partial charge is 0.335 e. The highest BCUT2D eigenvalue weighted by Gasteiger charge is 2.00. The molecule has 0 bridgehead atoms. The van der Waals surface area contributed by atoms with Crippen molar-refractivity contribution in [2.75, 3.05) is 13.1 Å². The van der Waals surface area contributed by atoms with Crippen LogP contribution >= 0.6 is 0 Å². The quantitative estimate of drug-likeness (QED) is 0.437. The number of carbonyl (C=O) groups is 2. The van der Waals surface area contributed by atoms with Crippen LogP contribution < -0.4 is 10.6 Å². The van der Waals surface area contributed by atoms with E-state index >= 15 is 0 Å². The van der Waals surface area contributed by atoms with Crippen LogP contribution in [-0.2, 0) is 0 Å². The first-order valence-corrected chi connectivity index (χ1v) is 8.18. The molecule has 0 radical (unpaired) electrons.